The molecule has 1 aliphatic rings. The van der Waals surface area contributed by atoms with E-state index >= 15 is 0 Å². The minimum Gasteiger partial charge on any atom is -0.354 e. The Kier molecular flexibility index (Phi) is 5.43. The van der Waals surface area contributed by atoms with Gasteiger partial charge in [0, 0.05) is 23.7 Å². The molecule has 1 aliphatic heterocycles. The van der Waals surface area contributed by atoms with Crippen molar-refractivity contribution in [1.29, 1.82) is 0 Å². The lowest BCUT2D eigenvalue weighted by molar-refractivity contribution is -0.121. The molecule has 0 bridgehead atoms. The number of likely N-dealkylation sites (tertiary alicyclic amines) is 1. The molecule has 7 heteroatoms. The van der Waals surface area contributed by atoms with Crippen LogP contribution in [0.3, 0.4) is 0 Å². The largest absolute Gasteiger partial charge is 0.354 e. The van der Waals surface area contributed by atoms with Crippen molar-refractivity contribution in [3.8, 4) is 0 Å². The van der Waals surface area contributed by atoms with Crippen molar-refractivity contribution >= 4 is 22.5 Å². The first kappa shape index (κ1) is 18.7. The molecule has 0 spiro atoms. The third kappa shape index (κ3) is 3.80. The first-order valence-corrected chi connectivity index (χ1v) is 10.1. The second-order valence-electron chi connectivity index (χ2n) is 7.55. The van der Waals surface area contributed by atoms with Crippen LogP contribution in [0.4, 0.5) is 0 Å². The fourth-order valence-corrected chi connectivity index (χ4v) is 4.13. The zero-order valence-corrected chi connectivity index (χ0v) is 16.4. The summed E-state index contributed by atoms with van der Waals surface area (Å²) in [7, 11) is 0. The van der Waals surface area contributed by atoms with E-state index in [1.165, 1.54) is 38.4 Å². The van der Waals surface area contributed by atoms with Gasteiger partial charge < -0.3 is 10.2 Å². The third-order valence-electron chi connectivity index (χ3n) is 5.46. The Bertz CT molecular complexity index is 1050. The average molecular weight is 381 g/mol. The van der Waals surface area contributed by atoms with E-state index in [4.69, 9.17) is 0 Å². The highest BCUT2D eigenvalue weighted by molar-refractivity contribution is 5.93. The summed E-state index contributed by atoms with van der Waals surface area (Å²) in [6.07, 6.45) is 4.88. The van der Waals surface area contributed by atoms with Crippen LogP contribution in [-0.4, -0.2) is 51.2 Å². The Balaban J connectivity index is 1.47. The number of carbonyl (C=O) groups excluding carboxylic acids is 1. The number of rotatable bonds is 6. The molecule has 1 aromatic carbocycles. The Labute approximate surface area is 163 Å². The number of benzene rings is 1. The summed E-state index contributed by atoms with van der Waals surface area (Å²) in [5.74, 6) is -0.0283. The highest BCUT2D eigenvalue weighted by Gasteiger charge is 2.15. The minimum absolute atomic E-state index is 0.0283. The molecule has 3 aromatic rings. The monoisotopic (exact) mass is 381 g/mol. The summed E-state index contributed by atoms with van der Waals surface area (Å²) in [5.41, 5.74) is 2.00. The SMILES string of the molecule is Cc1cc(=O)nc2c3ccccc3n(CC(=O)NCCCN3CCCCC3)n12. The van der Waals surface area contributed by atoms with Gasteiger partial charge in [-0.1, -0.05) is 18.6 Å². The van der Waals surface area contributed by atoms with Gasteiger partial charge in [-0.3, -0.25) is 14.3 Å². The number of hydrogen-bond donors (Lipinski definition) is 1. The van der Waals surface area contributed by atoms with E-state index in [0.29, 0.717) is 12.2 Å². The van der Waals surface area contributed by atoms with Gasteiger partial charge in [0.2, 0.25) is 5.91 Å². The van der Waals surface area contributed by atoms with Gasteiger partial charge in [-0.05, 0) is 58.0 Å². The lowest BCUT2D eigenvalue weighted by Gasteiger charge is -2.26. The second-order valence-corrected chi connectivity index (χ2v) is 7.55. The smallest absolute Gasteiger partial charge is 0.273 e. The fourth-order valence-electron chi connectivity index (χ4n) is 4.13. The molecule has 4 rings (SSSR count). The first-order chi connectivity index (χ1) is 13.6. The summed E-state index contributed by atoms with van der Waals surface area (Å²) in [6.45, 7) is 6.14. The van der Waals surface area contributed by atoms with E-state index in [1.807, 2.05) is 40.4 Å². The van der Waals surface area contributed by atoms with Crippen LogP contribution in [0.1, 0.15) is 31.4 Å². The van der Waals surface area contributed by atoms with Crippen LogP contribution in [0.15, 0.2) is 35.1 Å². The Morgan fingerprint density at radius 2 is 1.96 bits per heavy atom. The van der Waals surface area contributed by atoms with Crippen LogP contribution in [-0.2, 0) is 11.3 Å². The summed E-state index contributed by atoms with van der Waals surface area (Å²) < 4.78 is 3.76. The molecule has 0 atom stereocenters. The van der Waals surface area contributed by atoms with Crippen LogP contribution in [0.25, 0.3) is 16.6 Å². The van der Waals surface area contributed by atoms with E-state index in [2.05, 4.69) is 15.2 Å². The van der Waals surface area contributed by atoms with E-state index in [1.54, 1.807) is 0 Å². The summed E-state index contributed by atoms with van der Waals surface area (Å²) in [5, 5.41) is 3.91. The molecule has 1 fully saturated rings. The molecule has 148 valence electrons. The molecule has 0 saturated carbocycles. The lowest BCUT2D eigenvalue weighted by atomic mass is 10.1. The highest BCUT2D eigenvalue weighted by atomic mass is 16.2. The molecule has 1 amide bonds. The van der Waals surface area contributed by atoms with Crippen molar-refractivity contribution < 1.29 is 4.79 Å². The normalized spacial score (nSPS) is 15.3. The number of nitrogens with one attached hydrogen (secondary N) is 1. The summed E-state index contributed by atoms with van der Waals surface area (Å²) in [4.78, 5) is 31.1. The molecule has 0 radical (unpaired) electrons. The molecule has 1 N–H and O–H groups in total. The first-order valence-electron chi connectivity index (χ1n) is 10.1. The number of piperidine rings is 1. The number of aryl methyl sites for hydroxylation is 1. The molecule has 2 aromatic heterocycles. The molecular weight excluding hydrogens is 354 g/mol. The average Bonchev–Trinajstić information content (AvgIpc) is 3.00. The van der Waals surface area contributed by atoms with Gasteiger partial charge in [-0.15, -0.1) is 0 Å². The molecule has 0 aliphatic carbocycles. The summed E-state index contributed by atoms with van der Waals surface area (Å²) in [6, 6.07) is 9.24. The van der Waals surface area contributed by atoms with Gasteiger partial charge in [0.05, 0.1) is 5.52 Å². The molecule has 1 saturated heterocycles. The molecule has 7 nitrogen and oxygen atoms in total. The maximum Gasteiger partial charge on any atom is 0.273 e. The van der Waals surface area contributed by atoms with Crippen LogP contribution in [0, 0.1) is 6.92 Å². The van der Waals surface area contributed by atoms with Gasteiger partial charge in [0.25, 0.3) is 5.56 Å². The Morgan fingerprint density at radius 1 is 1.18 bits per heavy atom. The van der Waals surface area contributed by atoms with Gasteiger partial charge in [0.15, 0.2) is 5.65 Å². The predicted octanol–water partition coefficient (Wildman–Crippen LogP) is 1.95. The van der Waals surface area contributed by atoms with E-state index in [0.717, 1.165) is 29.6 Å². The number of fused-ring (bicyclic) bond motifs is 3. The Hall–Kier alpha value is -2.67. The van der Waals surface area contributed by atoms with Gasteiger partial charge in [0.1, 0.15) is 6.54 Å². The van der Waals surface area contributed by atoms with E-state index in [-0.39, 0.29) is 18.0 Å². The minimum atomic E-state index is -0.262. The van der Waals surface area contributed by atoms with E-state index < -0.39 is 0 Å². The maximum atomic E-state index is 12.6. The number of para-hydroxylation sites is 1. The van der Waals surface area contributed by atoms with Gasteiger partial charge >= 0.3 is 0 Å². The molecule has 3 heterocycles. The maximum absolute atomic E-state index is 12.6. The van der Waals surface area contributed by atoms with Crippen molar-refractivity contribution in [3.05, 3.63) is 46.4 Å². The van der Waals surface area contributed by atoms with Crippen molar-refractivity contribution in [1.82, 2.24) is 24.4 Å². The number of hydrogen-bond acceptors (Lipinski definition) is 4. The van der Waals surface area contributed by atoms with Crippen LogP contribution >= 0.6 is 0 Å². The van der Waals surface area contributed by atoms with Crippen molar-refractivity contribution in [2.75, 3.05) is 26.2 Å². The number of aromatic nitrogens is 3. The van der Waals surface area contributed by atoms with Gasteiger partial charge in [-0.2, -0.15) is 4.98 Å². The van der Waals surface area contributed by atoms with Crippen LogP contribution in [0.2, 0.25) is 0 Å². The number of nitrogens with zero attached hydrogens (tertiary/aromatic N) is 4. The topological polar surface area (TPSA) is 71.6 Å². The summed E-state index contributed by atoms with van der Waals surface area (Å²) >= 11 is 0. The zero-order valence-electron chi connectivity index (χ0n) is 16.4. The van der Waals surface area contributed by atoms with Crippen LogP contribution < -0.4 is 10.9 Å². The third-order valence-corrected chi connectivity index (χ3v) is 5.46. The van der Waals surface area contributed by atoms with Crippen molar-refractivity contribution in [2.24, 2.45) is 0 Å². The van der Waals surface area contributed by atoms with Crippen LogP contribution in [0.5, 0.6) is 0 Å². The van der Waals surface area contributed by atoms with Crippen molar-refractivity contribution in [3.63, 3.8) is 0 Å². The predicted molar refractivity (Wildman–Crippen MR) is 110 cm³/mol. The number of carbonyl (C=O) groups is 1. The molecule has 28 heavy (non-hydrogen) atoms. The fraction of sp³-hybridized carbons (Fsp3) is 0.476. The van der Waals surface area contributed by atoms with Crippen molar-refractivity contribution in [2.45, 2.75) is 39.2 Å². The Morgan fingerprint density at radius 3 is 2.79 bits per heavy atom. The zero-order chi connectivity index (χ0) is 19.5. The second kappa shape index (κ2) is 8.14. The standard InChI is InChI=1S/C21H27N5O2/c1-16-14-19(27)23-21-17-8-3-4-9-18(17)25(26(16)21)15-20(28)22-10-7-13-24-11-5-2-6-12-24/h3-4,8-9,14H,2,5-7,10-13,15H2,1H3,(H,22,28). The lowest BCUT2D eigenvalue weighted by Crippen LogP contribution is -2.34. The highest BCUT2D eigenvalue weighted by Crippen LogP contribution is 2.21. The molecule has 0 unspecified atom stereocenters. The number of amides is 1. The van der Waals surface area contributed by atoms with Gasteiger partial charge in [-0.25, -0.2) is 4.52 Å². The quantitative estimate of drug-likeness (QED) is 0.663. The van der Waals surface area contributed by atoms with E-state index in [9.17, 15) is 9.59 Å². The molecular formula is C21H27N5O2.